The van der Waals surface area contributed by atoms with E-state index in [1.54, 1.807) is 12.5 Å². The van der Waals surface area contributed by atoms with Crippen LogP contribution in [0.25, 0.3) is 11.0 Å². The van der Waals surface area contributed by atoms with Crippen LogP contribution < -0.4 is 5.32 Å². The standard InChI is InChI=1S/C30H40N6O3S/c1-17-11-26(40-4)24(29(37)34-17)13-32-30(38)27-19(3)36(28-25(27)12-31-16-33-28)18(2)20-5-7-21(8-6-20)35-14-23(15-35)39-22-9-10-22/h11-12,16,18,20-24H,5-10,13-15H2,1-4H3,(H,32,38)/t18-,20?,21?,24?/m1/s1. The molecule has 40 heavy (non-hydrogen) atoms. The number of ether oxygens (including phenoxy) is 1. The van der Waals surface area contributed by atoms with Gasteiger partial charge >= 0.3 is 0 Å². The fourth-order valence-electron chi connectivity index (χ4n) is 6.83. The van der Waals surface area contributed by atoms with E-state index in [9.17, 15) is 9.59 Å². The van der Waals surface area contributed by atoms with Crippen LogP contribution in [0.1, 0.15) is 74.5 Å². The predicted molar refractivity (Wildman–Crippen MR) is 158 cm³/mol. The van der Waals surface area contributed by atoms with Crippen molar-refractivity contribution in [3.8, 4) is 0 Å². The predicted octanol–water partition coefficient (Wildman–Crippen LogP) is 4.32. The summed E-state index contributed by atoms with van der Waals surface area (Å²) in [7, 11) is 0. The van der Waals surface area contributed by atoms with Crippen molar-refractivity contribution in [1.82, 2.24) is 24.8 Å². The van der Waals surface area contributed by atoms with Gasteiger partial charge in [0.05, 0.1) is 29.1 Å². The Hall–Kier alpha value is -2.56. The summed E-state index contributed by atoms with van der Waals surface area (Å²) >= 11 is 1.52. The first-order valence-corrected chi connectivity index (χ1v) is 15.9. The van der Waals surface area contributed by atoms with Crippen LogP contribution in [0.4, 0.5) is 0 Å². The van der Waals surface area contributed by atoms with Gasteiger partial charge < -0.3 is 14.6 Å². The van der Waals surface area contributed by atoms with Crippen LogP contribution in [0.15, 0.2) is 28.5 Å². The number of nitrogens with one attached hydrogen (secondary N) is 1. The van der Waals surface area contributed by atoms with E-state index in [0.717, 1.165) is 47.6 Å². The second kappa shape index (κ2) is 11.4. The number of carbonyl (C=O) groups excluding carboxylic acids is 2. The summed E-state index contributed by atoms with van der Waals surface area (Å²) in [5, 5.41) is 3.78. The van der Waals surface area contributed by atoms with Crippen molar-refractivity contribution in [3.63, 3.8) is 0 Å². The maximum absolute atomic E-state index is 13.6. The lowest BCUT2D eigenvalue weighted by molar-refractivity contribution is -0.120. The zero-order valence-electron chi connectivity index (χ0n) is 23.9. The molecule has 0 radical (unpaired) electrons. The lowest BCUT2D eigenvalue weighted by Gasteiger charge is -2.47. The van der Waals surface area contributed by atoms with Gasteiger partial charge in [0, 0.05) is 54.2 Å². The van der Waals surface area contributed by atoms with Gasteiger partial charge in [0.15, 0.2) is 0 Å². The zero-order valence-corrected chi connectivity index (χ0v) is 24.7. The number of aromatic nitrogens is 3. The third-order valence-corrected chi connectivity index (χ3v) is 10.1. The first-order valence-electron chi connectivity index (χ1n) is 14.7. The molecule has 0 aromatic carbocycles. The fourth-order valence-corrected chi connectivity index (χ4v) is 7.58. The Morgan fingerprint density at radius 2 is 1.90 bits per heavy atom. The molecule has 214 valence electrons. The van der Waals surface area contributed by atoms with E-state index in [2.05, 4.69) is 36.7 Å². The minimum atomic E-state index is -0.455. The molecule has 2 aromatic heterocycles. The molecule has 2 aromatic rings. The zero-order chi connectivity index (χ0) is 28.0. The Labute approximate surface area is 240 Å². The van der Waals surface area contributed by atoms with Gasteiger partial charge in [-0.2, -0.15) is 0 Å². The molecule has 1 unspecified atom stereocenters. The van der Waals surface area contributed by atoms with Crippen LogP contribution in [0, 0.1) is 18.8 Å². The van der Waals surface area contributed by atoms with Crippen molar-refractivity contribution in [3.05, 3.63) is 34.8 Å². The number of nitrogens with zero attached hydrogens (tertiary/aromatic N) is 5. The van der Waals surface area contributed by atoms with E-state index in [4.69, 9.17) is 4.74 Å². The van der Waals surface area contributed by atoms with Gasteiger partial charge in [0.2, 0.25) is 0 Å². The van der Waals surface area contributed by atoms with Gasteiger partial charge in [-0.1, -0.05) is 0 Å². The van der Waals surface area contributed by atoms with Crippen LogP contribution in [0.3, 0.4) is 0 Å². The molecular weight excluding hydrogens is 524 g/mol. The van der Waals surface area contributed by atoms with Gasteiger partial charge in [-0.3, -0.25) is 14.5 Å². The average molecular weight is 565 g/mol. The minimum absolute atomic E-state index is 0.202. The molecule has 2 aliphatic carbocycles. The van der Waals surface area contributed by atoms with Crippen molar-refractivity contribution in [2.24, 2.45) is 16.8 Å². The number of thioether (sulfide) groups is 1. The maximum Gasteiger partial charge on any atom is 0.255 e. The Balaban J connectivity index is 1.13. The van der Waals surface area contributed by atoms with Gasteiger partial charge in [-0.25, -0.2) is 15.0 Å². The molecule has 2 amide bonds. The number of dihydropyridines is 1. The van der Waals surface area contributed by atoms with E-state index in [1.807, 2.05) is 26.2 Å². The molecule has 10 heteroatoms. The lowest BCUT2D eigenvalue weighted by Crippen LogP contribution is -2.57. The molecule has 4 aliphatic rings. The highest BCUT2D eigenvalue weighted by Gasteiger charge is 2.39. The average Bonchev–Trinajstić information content (AvgIpc) is 3.70. The first kappa shape index (κ1) is 27.6. The number of likely N-dealkylation sites (tertiary alicyclic amines) is 1. The number of carbonyl (C=O) groups is 2. The fraction of sp³-hybridized carbons (Fsp3) is 0.633. The van der Waals surface area contributed by atoms with Crippen molar-refractivity contribution in [2.45, 2.75) is 83.6 Å². The number of aliphatic imine (C=N–C) groups is 1. The Morgan fingerprint density at radius 3 is 2.60 bits per heavy atom. The summed E-state index contributed by atoms with van der Waals surface area (Å²) in [6.45, 7) is 8.48. The number of amides is 2. The topological polar surface area (TPSA) is 102 Å². The highest BCUT2D eigenvalue weighted by Crippen LogP contribution is 2.39. The van der Waals surface area contributed by atoms with E-state index in [1.165, 1.54) is 37.4 Å². The number of rotatable bonds is 9. The van der Waals surface area contributed by atoms with E-state index >= 15 is 0 Å². The number of fused-ring (bicyclic) bond motifs is 1. The summed E-state index contributed by atoms with van der Waals surface area (Å²) in [5.74, 6) is -0.345. The van der Waals surface area contributed by atoms with Gasteiger partial charge in [0.1, 0.15) is 12.0 Å². The number of hydrogen-bond acceptors (Lipinski definition) is 7. The molecular formula is C30H40N6O3S. The van der Waals surface area contributed by atoms with Crippen molar-refractivity contribution in [2.75, 3.05) is 25.9 Å². The van der Waals surface area contributed by atoms with Crippen molar-refractivity contribution >= 4 is 40.3 Å². The normalized spacial score (nSPS) is 26.8. The second-order valence-electron chi connectivity index (χ2n) is 11.9. The molecule has 0 bridgehead atoms. The molecule has 0 spiro atoms. The van der Waals surface area contributed by atoms with Crippen LogP contribution in [0.2, 0.25) is 0 Å². The molecule has 3 fully saturated rings. The lowest BCUT2D eigenvalue weighted by atomic mass is 9.80. The largest absolute Gasteiger partial charge is 0.372 e. The molecule has 1 saturated heterocycles. The minimum Gasteiger partial charge on any atom is -0.372 e. The highest BCUT2D eigenvalue weighted by atomic mass is 32.2. The Morgan fingerprint density at radius 1 is 1.15 bits per heavy atom. The summed E-state index contributed by atoms with van der Waals surface area (Å²) in [6.07, 6.45) is 15.4. The third kappa shape index (κ3) is 5.37. The molecule has 2 atom stereocenters. The van der Waals surface area contributed by atoms with E-state index < -0.39 is 5.92 Å². The third-order valence-electron chi connectivity index (χ3n) is 9.25. The molecule has 1 N–H and O–H groups in total. The maximum atomic E-state index is 13.6. The molecule has 6 rings (SSSR count). The Kier molecular flexibility index (Phi) is 7.85. The monoisotopic (exact) mass is 564 g/mol. The summed E-state index contributed by atoms with van der Waals surface area (Å²) in [6, 6.07) is 0.870. The molecule has 2 aliphatic heterocycles. The van der Waals surface area contributed by atoms with Gasteiger partial charge in [-0.15, -0.1) is 11.8 Å². The summed E-state index contributed by atoms with van der Waals surface area (Å²) < 4.78 is 8.31. The first-order chi connectivity index (χ1) is 19.3. The van der Waals surface area contributed by atoms with Crippen LogP contribution in [-0.2, 0) is 9.53 Å². The highest BCUT2D eigenvalue weighted by molar-refractivity contribution is 8.02. The van der Waals surface area contributed by atoms with Crippen LogP contribution in [0.5, 0.6) is 0 Å². The second-order valence-corrected chi connectivity index (χ2v) is 12.8. The van der Waals surface area contributed by atoms with Gasteiger partial charge in [0.25, 0.3) is 11.8 Å². The number of allylic oxidation sites excluding steroid dienone is 1. The Bertz CT molecular complexity index is 1350. The summed E-state index contributed by atoms with van der Waals surface area (Å²) in [5.41, 5.74) is 2.99. The SMILES string of the molecule is CSC1=CC(C)=NC(=O)C1CNC(=O)c1c(C)n([C@H](C)C2CCC(N3CC(OC4CC4)C3)CC2)c2ncncc12. The van der Waals surface area contributed by atoms with Crippen molar-refractivity contribution < 1.29 is 14.3 Å². The molecule has 9 nitrogen and oxygen atoms in total. The molecule has 4 heterocycles. The number of hydrogen-bond donors (Lipinski definition) is 1. The van der Waals surface area contributed by atoms with E-state index in [0.29, 0.717) is 35.4 Å². The van der Waals surface area contributed by atoms with E-state index in [-0.39, 0.29) is 24.4 Å². The smallest absolute Gasteiger partial charge is 0.255 e. The van der Waals surface area contributed by atoms with Crippen LogP contribution >= 0.6 is 11.8 Å². The van der Waals surface area contributed by atoms with Crippen molar-refractivity contribution in [1.29, 1.82) is 0 Å². The van der Waals surface area contributed by atoms with Gasteiger partial charge in [-0.05, 0) is 77.5 Å². The quantitative estimate of drug-likeness (QED) is 0.484. The molecule has 2 saturated carbocycles. The summed E-state index contributed by atoms with van der Waals surface area (Å²) in [4.78, 5) is 42.7. The van der Waals surface area contributed by atoms with Crippen LogP contribution in [-0.4, -0.2) is 81.1 Å².